The van der Waals surface area contributed by atoms with Crippen LogP contribution in [0.1, 0.15) is 25.3 Å². The summed E-state index contributed by atoms with van der Waals surface area (Å²) in [5.74, 6) is 0.119. The normalized spacial score (nSPS) is 24.6. The number of carbonyl (C=O) groups is 1. The van der Waals surface area contributed by atoms with Crippen LogP contribution in [0.15, 0.2) is 24.3 Å². The zero-order valence-electron chi connectivity index (χ0n) is 11.9. The van der Waals surface area contributed by atoms with Gasteiger partial charge in [0, 0.05) is 30.9 Å². The van der Waals surface area contributed by atoms with E-state index in [1.807, 2.05) is 12.1 Å². The SMILES string of the molecule is CCc1cccc(N[C@@H]2C(=O)NCC23CCOCC3)c1. The molecule has 0 unspecified atom stereocenters. The predicted molar refractivity (Wildman–Crippen MR) is 78.7 cm³/mol. The van der Waals surface area contributed by atoms with E-state index >= 15 is 0 Å². The van der Waals surface area contributed by atoms with Crippen molar-refractivity contribution in [1.29, 1.82) is 0 Å². The second-order valence-electron chi connectivity index (χ2n) is 5.82. The van der Waals surface area contributed by atoms with Gasteiger partial charge in [-0.15, -0.1) is 0 Å². The fraction of sp³-hybridized carbons (Fsp3) is 0.562. The highest BCUT2D eigenvalue weighted by molar-refractivity contribution is 5.88. The molecule has 1 amide bonds. The molecule has 2 aliphatic rings. The van der Waals surface area contributed by atoms with Crippen molar-refractivity contribution in [3.63, 3.8) is 0 Å². The summed E-state index contributed by atoms with van der Waals surface area (Å²) in [6.45, 7) is 4.41. The molecule has 0 aromatic heterocycles. The Morgan fingerprint density at radius 3 is 2.95 bits per heavy atom. The highest BCUT2D eigenvalue weighted by Crippen LogP contribution is 2.38. The first-order valence-corrected chi connectivity index (χ1v) is 7.44. The van der Waals surface area contributed by atoms with E-state index in [-0.39, 0.29) is 17.4 Å². The molecule has 1 aromatic carbocycles. The van der Waals surface area contributed by atoms with E-state index in [1.54, 1.807) is 0 Å². The molecule has 0 saturated carbocycles. The van der Waals surface area contributed by atoms with Gasteiger partial charge in [-0.2, -0.15) is 0 Å². The van der Waals surface area contributed by atoms with E-state index in [4.69, 9.17) is 4.74 Å². The zero-order chi connectivity index (χ0) is 14.0. The Morgan fingerprint density at radius 1 is 1.40 bits per heavy atom. The highest BCUT2D eigenvalue weighted by Gasteiger charge is 2.49. The fourth-order valence-corrected chi connectivity index (χ4v) is 3.26. The summed E-state index contributed by atoms with van der Waals surface area (Å²) in [6, 6.07) is 8.20. The molecule has 2 N–H and O–H groups in total. The lowest BCUT2D eigenvalue weighted by atomic mass is 9.76. The number of nitrogens with one attached hydrogen (secondary N) is 2. The Balaban J connectivity index is 1.81. The van der Waals surface area contributed by atoms with Crippen molar-refractivity contribution in [3.8, 4) is 0 Å². The number of carbonyl (C=O) groups excluding carboxylic acids is 1. The molecule has 2 aliphatic heterocycles. The Morgan fingerprint density at radius 2 is 2.20 bits per heavy atom. The van der Waals surface area contributed by atoms with Gasteiger partial charge in [0.2, 0.25) is 5.91 Å². The quantitative estimate of drug-likeness (QED) is 0.886. The summed E-state index contributed by atoms with van der Waals surface area (Å²) in [7, 11) is 0. The summed E-state index contributed by atoms with van der Waals surface area (Å²) in [5, 5.41) is 6.48. The molecule has 3 rings (SSSR count). The van der Waals surface area contributed by atoms with Gasteiger partial charge in [0.15, 0.2) is 0 Å². The minimum Gasteiger partial charge on any atom is -0.381 e. The standard InChI is InChI=1S/C16H22N2O2/c1-2-12-4-3-5-13(10-12)18-14-15(19)17-11-16(14)6-8-20-9-7-16/h3-5,10,14,18H,2,6-9,11H2,1H3,(H,17,19)/t14-/m1/s1. The van der Waals surface area contributed by atoms with Crippen LogP contribution in [0.3, 0.4) is 0 Å². The van der Waals surface area contributed by atoms with Crippen LogP contribution >= 0.6 is 0 Å². The van der Waals surface area contributed by atoms with Crippen LogP contribution in [0.4, 0.5) is 5.69 Å². The lowest BCUT2D eigenvalue weighted by Gasteiger charge is -2.37. The average molecular weight is 274 g/mol. The monoisotopic (exact) mass is 274 g/mol. The molecule has 1 spiro atoms. The number of hydrogen-bond donors (Lipinski definition) is 2. The first-order chi connectivity index (χ1) is 9.73. The van der Waals surface area contributed by atoms with E-state index in [1.165, 1.54) is 5.56 Å². The number of amides is 1. The largest absolute Gasteiger partial charge is 0.381 e. The Bertz CT molecular complexity index is 495. The van der Waals surface area contributed by atoms with E-state index in [9.17, 15) is 4.79 Å². The molecule has 4 nitrogen and oxygen atoms in total. The maximum Gasteiger partial charge on any atom is 0.243 e. The Hall–Kier alpha value is -1.55. The molecule has 0 aliphatic carbocycles. The third-order valence-electron chi connectivity index (χ3n) is 4.62. The van der Waals surface area contributed by atoms with E-state index in [0.29, 0.717) is 0 Å². The molecular weight excluding hydrogens is 252 g/mol. The first kappa shape index (κ1) is 13.4. The zero-order valence-corrected chi connectivity index (χ0v) is 11.9. The lowest BCUT2D eigenvalue weighted by Crippen LogP contribution is -2.45. The average Bonchev–Trinajstić information content (AvgIpc) is 2.78. The van der Waals surface area contributed by atoms with Crippen LogP contribution in [0.2, 0.25) is 0 Å². The molecular formula is C16H22N2O2. The number of hydrogen-bond acceptors (Lipinski definition) is 3. The second kappa shape index (κ2) is 5.44. The van der Waals surface area contributed by atoms with Crippen molar-refractivity contribution in [1.82, 2.24) is 5.32 Å². The number of rotatable bonds is 3. The molecule has 0 bridgehead atoms. The summed E-state index contributed by atoms with van der Waals surface area (Å²) in [5.41, 5.74) is 2.34. The summed E-state index contributed by atoms with van der Waals surface area (Å²) in [4.78, 5) is 12.2. The number of ether oxygens (including phenoxy) is 1. The summed E-state index contributed by atoms with van der Waals surface area (Å²) >= 11 is 0. The molecule has 2 fully saturated rings. The van der Waals surface area contributed by atoms with E-state index in [0.717, 1.165) is 44.7 Å². The molecule has 1 atom stereocenters. The lowest BCUT2D eigenvalue weighted by molar-refractivity contribution is -0.121. The van der Waals surface area contributed by atoms with Gasteiger partial charge in [-0.05, 0) is 37.0 Å². The predicted octanol–water partition coefficient (Wildman–Crippen LogP) is 1.96. The molecule has 2 saturated heterocycles. The third-order valence-corrected chi connectivity index (χ3v) is 4.62. The number of benzene rings is 1. The molecule has 1 aromatic rings. The second-order valence-corrected chi connectivity index (χ2v) is 5.82. The third kappa shape index (κ3) is 2.40. The minimum atomic E-state index is -0.140. The smallest absolute Gasteiger partial charge is 0.243 e. The van der Waals surface area contributed by atoms with E-state index in [2.05, 4.69) is 29.7 Å². The van der Waals surface area contributed by atoms with Gasteiger partial charge in [-0.3, -0.25) is 4.79 Å². The topological polar surface area (TPSA) is 50.4 Å². The maximum atomic E-state index is 12.2. The van der Waals surface area contributed by atoms with Crippen LogP contribution in [0, 0.1) is 5.41 Å². The Labute approximate surface area is 119 Å². The van der Waals surface area contributed by atoms with Gasteiger partial charge >= 0.3 is 0 Å². The maximum absolute atomic E-state index is 12.2. The van der Waals surface area contributed by atoms with Crippen LogP contribution < -0.4 is 10.6 Å². The van der Waals surface area contributed by atoms with Gasteiger partial charge < -0.3 is 15.4 Å². The molecule has 0 radical (unpaired) electrons. The molecule has 108 valence electrons. The van der Waals surface area contributed by atoms with Crippen molar-refractivity contribution in [3.05, 3.63) is 29.8 Å². The van der Waals surface area contributed by atoms with Crippen molar-refractivity contribution in [2.24, 2.45) is 5.41 Å². The van der Waals surface area contributed by atoms with Crippen molar-refractivity contribution in [2.45, 2.75) is 32.2 Å². The van der Waals surface area contributed by atoms with Crippen molar-refractivity contribution in [2.75, 3.05) is 25.1 Å². The minimum absolute atomic E-state index is 0.0115. The fourth-order valence-electron chi connectivity index (χ4n) is 3.26. The first-order valence-electron chi connectivity index (χ1n) is 7.44. The van der Waals surface area contributed by atoms with Crippen LogP contribution in [-0.2, 0) is 16.0 Å². The summed E-state index contributed by atoms with van der Waals surface area (Å²) < 4.78 is 5.46. The molecule has 4 heteroatoms. The van der Waals surface area contributed by atoms with Gasteiger partial charge in [0.25, 0.3) is 0 Å². The summed E-state index contributed by atoms with van der Waals surface area (Å²) in [6.07, 6.45) is 2.89. The van der Waals surface area contributed by atoms with Crippen LogP contribution in [0.5, 0.6) is 0 Å². The van der Waals surface area contributed by atoms with Crippen molar-refractivity contribution >= 4 is 11.6 Å². The van der Waals surface area contributed by atoms with Crippen LogP contribution in [0.25, 0.3) is 0 Å². The van der Waals surface area contributed by atoms with Crippen LogP contribution in [-0.4, -0.2) is 31.7 Å². The van der Waals surface area contributed by atoms with Gasteiger partial charge in [-0.1, -0.05) is 19.1 Å². The van der Waals surface area contributed by atoms with Gasteiger partial charge in [-0.25, -0.2) is 0 Å². The van der Waals surface area contributed by atoms with Gasteiger partial charge in [0.05, 0.1) is 0 Å². The highest BCUT2D eigenvalue weighted by atomic mass is 16.5. The number of aryl methyl sites for hydroxylation is 1. The number of anilines is 1. The van der Waals surface area contributed by atoms with E-state index < -0.39 is 0 Å². The molecule has 2 heterocycles. The Kier molecular flexibility index (Phi) is 3.66. The van der Waals surface area contributed by atoms with Crippen molar-refractivity contribution < 1.29 is 9.53 Å². The molecule has 20 heavy (non-hydrogen) atoms. The van der Waals surface area contributed by atoms with Gasteiger partial charge in [0.1, 0.15) is 6.04 Å².